The van der Waals surface area contributed by atoms with E-state index in [1.807, 2.05) is 36.1 Å². The maximum Gasteiger partial charge on any atom is 0.255 e. The molecule has 1 amide bonds. The average Bonchev–Trinajstić information content (AvgIpc) is 3.32. The number of aryl methyl sites for hydroxylation is 2. The van der Waals surface area contributed by atoms with Crippen molar-refractivity contribution in [3.63, 3.8) is 0 Å². The predicted octanol–water partition coefficient (Wildman–Crippen LogP) is 3.02. The molecule has 2 N–H and O–H groups in total. The Balaban J connectivity index is 1.50. The summed E-state index contributed by atoms with van der Waals surface area (Å²) in [5, 5.41) is 0. The Kier molecular flexibility index (Phi) is 4.81. The quantitative estimate of drug-likeness (QED) is 0.709. The van der Waals surface area contributed by atoms with Crippen LogP contribution >= 0.6 is 0 Å². The van der Waals surface area contributed by atoms with Crippen molar-refractivity contribution in [3.05, 3.63) is 77.2 Å². The van der Waals surface area contributed by atoms with Crippen LogP contribution in [0.25, 0.3) is 0 Å². The smallest absolute Gasteiger partial charge is 0.255 e. The molecule has 2 aliphatic rings. The summed E-state index contributed by atoms with van der Waals surface area (Å²) in [5.74, 6) is 1.90. The lowest BCUT2D eigenvalue weighted by atomic mass is 9.87. The van der Waals surface area contributed by atoms with Gasteiger partial charge >= 0.3 is 0 Å². The number of hydrogen-bond donors (Lipinski definition) is 1. The summed E-state index contributed by atoms with van der Waals surface area (Å²) in [5.41, 5.74) is 9.82. The summed E-state index contributed by atoms with van der Waals surface area (Å²) in [7, 11) is 0. The number of benzene rings is 1. The van der Waals surface area contributed by atoms with Crippen LogP contribution < -0.4 is 10.6 Å². The number of anilines is 2. The van der Waals surface area contributed by atoms with Crippen LogP contribution in [0.5, 0.6) is 0 Å². The van der Waals surface area contributed by atoms with E-state index < -0.39 is 0 Å². The Bertz CT molecular complexity index is 1100. The summed E-state index contributed by atoms with van der Waals surface area (Å²) < 4.78 is 0. The second kappa shape index (κ2) is 7.65. The molecular weight excluding hydrogens is 388 g/mol. The number of fused-ring (bicyclic) bond motifs is 1. The second-order valence-corrected chi connectivity index (χ2v) is 8.56. The molecule has 2 aliphatic heterocycles. The van der Waals surface area contributed by atoms with E-state index in [0.29, 0.717) is 29.9 Å². The maximum absolute atomic E-state index is 13.4. The minimum atomic E-state index is 0.0178. The number of carbonyl (C=O) groups is 1. The summed E-state index contributed by atoms with van der Waals surface area (Å²) in [6.07, 6.45) is 3.35. The van der Waals surface area contributed by atoms with Crippen molar-refractivity contribution in [2.45, 2.75) is 19.9 Å². The molecule has 7 nitrogen and oxygen atoms in total. The standard InChI is InChI=1S/C24H26N6O/c1-15-6-3-4-8-19(15)22-20-14-29(21-10-16(2)27-24(25)28-21)12-18(20)13-30(22)23(31)17-7-5-9-26-11-17/h3-11,18,20,22H,12-14H2,1-2H3,(H2,25,27,28)/t18-,20-,22+/m0/s1. The van der Waals surface area contributed by atoms with E-state index in [9.17, 15) is 4.79 Å². The Hall–Kier alpha value is -3.48. The number of nitrogen functional groups attached to an aromatic ring is 1. The number of aromatic nitrogens is 3. The highest BCUT2D eigenvalue weighted by atomic mass is 16.2. The zero-order valence-electron chi connectivity index (χ0n) is 17.8. The molecule has 0 aliphatic carbocycles. The van der Waals surface area contributed by atoms with Gasteiger partial charge in [0.05, 0.1) is 11.6 Å². The van der Waals surface area contributed by atoms with Crippen molar-refractivity contribution in [2.75, 3.05) is 30.3 Å². The first-order chi connectivity index (χ1) is 15.0. The molecule has 158 valence electrons. The molecule has 0 bridgehead atoms. The number of nitrogens with zero attached hydrogens (tertiary/aromatic N) is 5. The molecule has 1 aromatic carbocycles. The Morgan fingerprint density at radius 1 is 1.06 bits per heavy atom. The molecule has 2 aromatic heterocycles. The number of rotatable bonds is 3. The van der Waals surface area contributed by atoms with E-state index in [1.54, 1.807) is 12.4 Å². The van der Waals surface area contributed by atoms with Gasteiger partial charge in [-0.1, -0.05) is 24.3 Å². The third kappa shape index (κ3) is 3.50. The van der Waals surface area contributed by atoms with E-state index in [0.717, 1.165) is 24.6 Å². The van der Waals surface area contributed by atoms with Crippen LogP contribution in [0.15, 0.2) is 54.9 Å². The van der Waals surface area contributed by atoms with Crippen molar-refractivity contribution in [2.24, 2.45) is 11.8 Å². The van der Waals surface area contributed by atoms with Gasteiger partial charge in [0.2, 0.25) is 5.95 Å². The van der Waals surface area contributed by atoms with Gasteiger partial charge in [-0.3, -0.25) is 9.78 Å². The molecule has 0 unspecified atom stereocenters. The molecule has 3 aromatic rings. The highest BCUT2D eigenvalue weighted by molar-refractivity contribution is 5.94. The number of amides is 1. The van der Waals surface area contributed by atoms with Gasteiger partial charge in [-0.2, -0.15) is 4.98 Å². The molecule has 0 saturated carbocycles. The fourth-order valence-corrected chi connectivity index (χ4v) is 5.15. The molecule has 2 saturated heterocycles. The Labute approximate surface area is 181 Å². The maximum atomic E-state index is 13.4. The summed E-state index contributed by atoms with van der Waals surface area (Å²) in [6.45, 7) is 6.45. The third-order valence-corrected chi connectivity index (χ3v) is 6.52. The fourth-order valence-electron chi connectivity index (χ4n) is 5.15. The third-order valence-electron chi connectivity index (χ3n) is 6.52. The van der Waals surface area contributed by atoms with Crippen molar-refractivity contribution < 1.29 is 4.79 Å². The Morgan fingerprint density at radius 3 is 2.65 bits per heavy atom. The van der Waals surface area contributed by atoms with Crippen LogP contribution in [-0.2, 0) is 0 Å². The lowest BCUT2D eigenvalue weighted by Crippen LogP contribution is -2.36. The van der Waals surface area contributed by atoms with Crippen molar-refractivity contribution >= 4 is 17.7 Å². The summed E-state index contributed by atoms with van der Waals surface area (Å²) in [6, 6.07) is 14.0. The van der Waals surface area contributed by atoms with Gasteiger partial charge in [0.1, 0.15) is 5.82 Å². The number of nitrogens with two attached hydrogens (primary N) is 1. The highest BCUT2D eigenvalue weighted by Gasteiger charge is 2.49. The van der Waals surface area contributed by atoms with E-state index in [4.69, 9.17) is 5.73 Å². The Morgan fingerprint density at radius 2 is 1.90 bits per heavy atom. The number of likely N-dealkylation sites (tertiary alicyclic amines) is 1. The van der Waals surface area contributed by atoms with E-state index in [1.165, 1.54) is 11.1 Å². The first-order valence-electron chi connectivity index (χ1n) is 10.6. The zero-order valence-corrected chi connectivity index (χ0v) is 17.8. The van der Waals surface area contributed by atoms with Gasteiger partial charge in [-0.15, -0.1) is 0 Å². The SMILES string of the molecule is Cc1cc(N2C[C@H]3CN(C(=O)c4cccnc4)[C@H](c4ccccc4C)[C@H]3C2)nc(N)n1. The minimum Gasteiger partial charge on any atom is -0.368 e. The van der Waals surface area contributed by atoms with Gasteiger partial charge in [-0.05, 0) is 37.1 Å². The van der Waals surface area contributed by atoms with Crippen molar-refractivity contribution in [1.29, 1.82) is 0 Å². The molecule has 7 heteroatoms. The van der Waals surface area contributed by atoms with E-state index >= 15 is 0 Å². The van der Waals surface area contributed by atoms with E-state index in [-0.39, 0.29) is 11.9 Å². The molecule has 2 fully saturated rings. The zero-order chi connectivity index (χ0) is 21.5. The van der Waals surface area contributed by atoms with Crippen molar-refractivity contribution in [3.8, 4) is 0 Å². The van der Waals surface area contributed by atoms with Crippen LogP contribution in [0.2, 0.25) is 0 Å². The van der Waals surface area contributed by atoms with Gasteiger partial charge in [0.25, 0.3) is 5.91 Å². The predicted molar refractivity (Wildman–Crippen MR) is 120 cm³/mol. The first-order valence-corrected chi connectivity index (χ1v) is 10.6. The van der Waals surface area contributed by atoms with Crippen LogP contribution in [0.4, 0.5) is 11.8 Å². The molecule has 3 atom stereocenters. The minimum absolute atomic E-state index is 0.0178. The van der Waals surface area contributed by atoms with E-state index in [2.05, 4.69) is 45.0 Å². The average molecular weight is 415 g/mol. The van der Waals surface area contributed by atoms with Crippen LogP contribution in [-0.4, -0.2) is 45.4 Å². The highest BCUT2D eigenvalue weighted by Crippen LogP contribution is 2.47. The van der Waals surface area contributed by atoms with Crippen LogP contribution in [0, 0.1) is 25.7 Å². The topological polar surface area (TPSA) is 88.2 Å². The molecule has 4 heterocycles. The largest absolute Gasteiger partial charge is 0.368 e. The normalized spacial score (nSPS) is 22.6. The summed E-state index contributed by atoms with van der Waals surface area (Å²) >= 11 is 0. The molecular formula is C24H26N6O. The van der Waals surface area contributed by atoms with Gasteiger partial charge in [0, 0.05) is 55.6 Å². The molecule has 31 heavy (non-hydrogen) atoms. The summed E-state index contributed by atoms with van der Waals surface area (Å²) in [4.78, 5) is 30.6. The number of carbonyl (C=O) groups excluding carboxylic acids is 1. The molecule has 0 spiro atoms. The van der Waals surface area contributed by atoms with Gasteiger partial charge in [0.15, 0.2) is 0 Å². The van der Waals surface area contributed by atoms with Gasteiger partial charge in [-0.25, -0.2) is 4.98 Å². The fraction of sp³-hybridized carbons (Fsp3) is 0.333. The van der Waals surface area contributed by atoms with Crippen LogP contribution in [0.3, 0.4) is 0 Å². The van der Waals surface area contributed by atoms with Crippen molar-refractivity contribution in [1.82, 2.24) is 19.9 Å². The lowest BCUT2D eigenvalue weighted by Gasteiger charge is -2.31. The monoisotopic (exact) mass is 414 g/mol. The molecule has 0 radical (unpaired) electrons. The second-order valence-electron chi connectivity index (χ2n) is 8.56. The lowest BCUT2D eigenvalue weighted by molar-refractivity contribution is 0.0715. The number of hydrogen-bond acceptors (Lipinski definition) is 6. The van der Waals surface area contributed by atoms with Crippen LogP contribution in [0.1, 0.15) is 33.2 Å². The molecule has 5 rings (SSSR count). The first kappa shape index (κ1) is 19.5. The van der Waals surface area contributed by atoms with Gasteiger partial charge < -0.3 is 15.5 Å². The number of pyridine rings is 1.